The van der Waals surface area contributed by atoms with Gasteiger partial charge in [-0.3, -0.25) is 9.79 Å². The summed E-state index contributed by atoms with van der Waals surface area (Å²) in [5, 5.41) is 5.79. The quantitative estimate of drug-likeness (QED) is 0.271. The number of hydrogen-bond acceptors (Lipinski definition) is 3. The Morgan fingerprint density at radius 1 is 1.20 bits per heavy atom. The van der Waals surface area contributed by atoms with Crippen molar-refractivity contribution >= 4 is 41.5 Å². The Balaban J connectivity index is 0.00000312. The lowest BCUT2D eigenvalue weighted by Gasteiger charge is -2.07. The van der Waals surface area contributed by atoms with Gasteiger partial charge in [0.1, 0.15) is 5.75 Å². The fourth-order valence-electron chi connectivity index (χ4n) is 2.04. The molecule has 2 rings (SSSR count). The van der Waals surface area contributed by atoms with Crippen LogP contribution in [0.4, 0.5) is 5.69 Å². The van der Waals surface area contributed by atoms with Gasteiger partial charge in [-0.15, -0.1) is 24.0 Å². The van der Waals surface area contributed by atoms with Crippen molar-refractivity contribution < 1.29 is 9.53 Å². The molecule has 1 amide bonds. The number of guanidine groups is 1. The highest BCUT2D eigenvalue weighted by Crippen LogP contribution is 2.12. The van der Waals surface area contributed by atoms with Gasteiger partial charge in [0.15, 0.2) is 5.96 Å². The molecular formula is C18H23IN4O2. The van der Waals surface area contributed by atoms with Crippen LogP contribution in [-0.4, -0.2) is 32.1 Å². The van der Waals surface area contributed by atoms with Gasteiger partial charge in [0, 0.05) is 17.8 Å². The Labute approximate surface area is 164 Å². The summed E-state index contributed by atoms with van der Waals surface area (Å²) < 4.78 is 5.10. The summed E-state index contributed by atoms with van der Waals surface area (Å²) in [6.07, 6.45) is 0. The van der Waals surface area contributed by atoms with E-state index in [0.717, 1.165) is 5.69 Å². The highest BCUT2D eigenvalue weighted by molar-refractivity contribution is 14.0. The van der Waals surface area contributed by atoms with Crippen molar-refractivity contribution in [3.63, 3.8) is 0 Å². The van der Waals surface area contributed by atoms with E-state index in [2.05, 4.69) is 15.6 Å². The number of methoxy groups -OCH3 is 1. The smallest absolute Gasteiger partial charge is 0.251 e. The summed E-state index contributed by atoms with van der Waals surface area (Å²) in [4.78, 5) is 16.2. The molecule has 0 heterocycles. The number of aryl methyl sites for hydroxylation is 1. The number of ether oxygens (including phenoxy) is 1. The number of carbonyl (C=O) groups excluding carboxylic acids is 1. The molecule has 0 aliphatic rings. The predicted octanol–water partition coefficient (Wildman–Crippen LogP) is 2.78. The average molecular weight is 454 g/mol. The zero-order valence-electron chi connectivity index (χ0n) is 14.3. The number of nitrogens with one attached hydrogen (secondary N) is 2. The second-order valence-corrected chi connectivity index (χ2v) is 5.25. The zero-order chi connectivity index (χ0) is 17.4. The Kier molecular flexibility index (Phi) is 8.76. The molecule has 0 atom stereocenters. The molecule has 0 aliphatic heterocycles. The van der Waals surface area contributed by atoms with Crippen molar-refractivity contribution in [3.8, 4) is 5.75 Å². The monoisotopic (exact) mass is 454 g/mol. The standard InChI is InChI=1S/C18H22N4O2.HI/c1-13-6-8-15(9-7-13)22-18(19)21-11-10-20-17(23)14-4-3-5-16(12-14)24-2;/h3-9,12H,10-11H2,1-2H3,(H,20,23)(H3,19,21,22);1H. The summed E-state index contributed by atoms with van der Waals surface area (Å²) >= 11 is 0. The predicted molar refractivity (Wildman–Crippen MR) is 112 cm³/mol. The molecule has 0 radical (unpaired) electrons. The van der Waals surface area contributed by atoms with Gasteiger partial charge in [-0.2, -0.15) is 0 Å². The van der Waals surface area contributed by atoms with Crippen molar-refractivity contribution in [2.45, 2.75) is 6.92 Å². The Bertz CT molecular complexity index is 717. The third-order valence-corrected chi connectivity index (χ3v) is 3.34. The molecule has 4 N–H and O–H groups in total. The SMILES string of the molecule is COc1cccc(C(=O)NCCN=C(N)Nc2ccc(C)cc2)c1.I. The fraction of sp³-hybridized carbons (Fsp3) is 0.222. The summed E-state index contributed by atoms with van der Waals surface area (Å²) in [6, 6.07) is 14.8. The highest BCUT2D eigenvalue weighted by Gasteiger charge is 2.05. The van der Waals surface area contributed by atoms with Gasteiger partial charge < -0.3 is 21.1 Å². The van der Waals surface area contributed by atoms with Crippen molar-refractivity contribution in [2.75, 3.05) is 25.5 Å². The van der Waals surface area contributed by atoms with Crippen LogP contribution >= 0.6 is 24.0 Å². The molecule has 134 valence electrons. The summed E-state index contributed by atoms with van der Waals surface area (Å²) in [5.41, 5.74) is 8.42. The molecule has 6 nitrogen and oxygen atoms in total. The van der Waals surface area contributed by atoms with E-state index in [1.54, 1.807) is 31.4 Å². The molecule has 0 fully saturated rings. The van der Waals surface area contributed by atoms with E-state index in [0.29, 0.717) is 30.4 Å². The van der Waals surface area contributed by atoms with E-state index in [1.165, 1.54) is 5.56 Å². The van der Waals surface area contributed by atoms with E-state index < -0.39 is 0 Å². The van der Waals surface area contributed by atoms with Crippen molar-refractivity contribution in [3.05, 3.63) is 59.7 Å². The minimum absolute atomic E-state index is 0. The lowest BCUT2D eigenvalue weighted by Crippen LogP contribution is -2.28. The van der Waals surface area contributed by atoms with Crippen LogP contribution in [0, 0.1) is 6.92 Å². The van der Waals surface area contributed by atoms with Crippen LogP contribution in [0.25, 0.3) is 0 Å². The third-order valence-electron chi connectivity index (χ3n) is 3.34. The largest absolute Gasteiger partial charge is 0.497 e. The van der Waals surface area contributed by atoms with Crippen LogP contribution in [0.5, 0.6) is 5.75 Å². The first-order chi connectivity index (χ1) is 11.6. The maximum atomic E-state index is 12.0. The Morgan fingerprint density at radius 2 is 1.92 bits per heavy atom. The van der Waals surface area contributed by atoms with Gasteiger partial charge in [0.05, 0.1) is 13.7 Å². The summed E-state index contributed by atoms with van der Waals surface area (Å²) in [5.74, 6) is 0.788. The molecule has 2 aromatic rings. The Hall–Kier alpha value is -2.29. The first-order valence-electron chi connectivity index (χ1n) is 7.64. The molecular weight excluding hydrogens is 431 g/mol. The molecule has 2 aromatic carbocycles. The average Bonchev–Trinajstić information content (AvgIpc) is 2.60. The van der Waals surface area contributed by atoms with Gasteiger partial charge >= 0.3 is 0 Å². The number of benzene rings is 2. The molecule has 0 aliphatic carbocycles. The number of anilines is 1. The van der Waals surface area contributed by atoms with Crippen LogP contribution < -0.4 is 21.1 Å². The fourth-order valence-corrected chi connectivity index (χ4v) is 2.04. The van der Waals surface area contributed by atoms with Gasteiger partial charge in [-0.1, -0.05) is 23.8 Å². The number of nitrogens with two attached hydrogens (primary N) is 1. The second-order valence-electron chi connectivity index (χ2n) is 5.25. The second kappa shape index (κ2) is 10.5. The lowest BCUT2D eigenvalue weighted by molar-refractivity contribution is 0.0954. The molecule has 0 spiro atoms. The van der Waals surface area contributed by atoms with E-state index >= 15 is 0 Å². The summed E-state index contributed by atoms with van der Waals surface area (Å²) in [7, 11) is 1.57. The molecule has 0 bridgehead atoms. The first kappa shape index (κ1) is 20.8. The molecule has 0 saturated carbocycles. The van der Waals surface area contributed by atoms with Crippen LogP contribution in [0.15, 0.2) is 53.5 Å². The van der Waals surface area contributed by atoms with E-state index in [4.69, 9.17) is 10.5 Å². The third kappa shape index (κ3) is 7.00. The number of amides is 1. The van der Waals surface area contributed by atoms with Gasteiger partial charge in [0.2, 0.25) is 0 Å². The number of carbonyl (C=O) groups is 1. The lowest BCUT2D eigenvalue weighted by atomic mass is 10.2. The summed E-state index contributed by atoms with van der Waals surface area (Å²) in [6.45, 7) is 2.80. The molecule has 25 heavy (non-hydrogen) atoms. The van der Waals surface area contributed by atoms with Crippen molar-refractivity contribution in [2.24, 2.45) is 10.7 Å². The molecule has 0 unspecified atom stereocenters. The van der Waals surface area contributed by atoms with E-state index in [9.17, 15) is 4.79 Å². The Morgan fingerprint density at radius 3 is 2.60 bits per heavy atom. The van der Waals surface area contributed by atoms with Crippen LogP contribution in [0.2, 0.25) is 0 Å². The van der Waals surface area contributed by atoms with Gasteiger partial charge in [-0.05, 0) is 37.3 Å². The number of hydrogen-bond donors (Lipinski definition) is 3. The first-order valence-corrected chi connectivity index (χ1v) is 7.64. The minimum Gasteiger partial charge on any atom is -0.497 e. The van der Waals surface area contributed by atoms with Gasteiger partial charge in [0.25, 0.3) is 5.91 Å². The number of nitrogens with zero attached hydrogens (tertiary/aromatic N) is 1. The molecule has 0 saturated heterocycles. The maximum Gasteiger partial charge on any atom is 0.251 e. The van der Waals surface area contributed by atoms with Crippen molar-refractivity contribution in [1.29, 1.82) is 0 Å². The van der Waals surface area contributed by atoms with E-state index in [1.807, 2.05) is 31.2 Å². The highest BCUT2D eigenvalue weighted by atomic mass is 127. The normalized spacial score (nSPS) is 10.6. The number of rotatable bonds is 6. The molecule has 0 aromatic heterocycles. The van der Waals surface area contributed by atoms with Crippen LogP contribution in [0.3, 0.4) is 0 Å². The van der Waals surface area contributed by atoms with Crippen molar-refractivity contribution in [1.82, 2.24) is 5.32 Å². The zero-order valence-corrected chi connectivity index (χ0v) is 16.6. The minimum atomic E-state index is -0.172. The van der Waals surface area contributed by atoms with Gasteiger partial charge in [-0.25, -0.2) is 0 Å². The van der Waals surface area contributed by atoms with Crippen LogP contribution in [-0.2, 0) is 0 Å². The maximum absolute atomic E-state index is 12.0. The topological polar surface area (TPSA) is 88.7 Å². The van der Waals surface area contributed by atoms with Crippen LogP contribution in [0.1, 0.15) is 15.9 Å². The number of aliphatic imine (C=N–C) groups is 1. The molecule has 7 heteroatoms. The number of halogens is 1. The van der Waals surface area contributed by atoms with E-state index in [-0.39, 0.29) is 29.9 Å².